The van der Waals surface area contributed by atoms with Crippen molar-refractivity contribution in [2.75, 3.05) is 13.7 Å². The van der Waals surface area contributed by atoms with Crippen molar-refractivity contribution < 1.29 is 24.1 Å². The second kappa shape index (κ2) is 9.80. The summed E-state index contributed by atoms with van der Waals surface area (Å²) in [5, 5.41) is 14.0. The van der Waals surface area contributed by atoms with E-state index >= 15 is 0 Å². The van der Waals surface area contributed by atoms with Crippen molar-refractivity contribution in [1.82, 2.24) is 0 Å². The van der Waals surface area contributed by atoms with E-state index in [2.05, 4.69) is 24.3 Å². The molecule has 3 aromatic carbocycles. The van der Waals surface area contributed by atoms with Gasteiger partial charge in [-0.05, 0) is 18.5 Å². The molecule has 0 bridgehead atoms. The minimum Gasteiger partial charge on any atom is -0.389 e. The Morgan fingerprint density at radius 2 is 1.38 bits per heavy atom. The van der Waals surface area contributed by atoms with Gasteiger partial charge >= 0.3 is 0 Å². The molecule has 0 amide bonds. The Bertz CT molecular complexity index is 947. The largest absolute Gasteiger partial charge is 0.389 e. The third-order valence-electron chi connectivity index (χ3n) is 6.00. The van der Waals surface area contributed by atoms with Gasteiger partial charge in [0, 0.05) is 12.7 Å². The normalized spacial score (nSPS) is 30.1. The molecule has 2 aliphatic rings. The van der Waals surface area contributed by atoms with Crippen LogP contribution >= 0.6 is 7.92 Å². The summed E-state index contributed by atoms with van der Waals surface area (Å²) < 4.78 is 24.3. The van der Waals surface area contributed by atoms with Gasteiger partial charge in [-0.25, -0.2) is 0 Å². The first-order valence-corrected chi connectivity index (χ1v) is 12.2. The van der Waals surface area contributed by atoms with Crippen LogP contribution < -0.4 is 10.6 Å². The van der Waals surface area contributed by atoms with Crippen molar-refractivity contribution in [2.45, 2.75) is 36.6 Å². The minimum atomic E-state index is -0.975. The van der Waals surface area contributed by atoms with Gasteiger partial charge in [0.15, 0.2) is 12.6 Å². The van der Waals surface area contributed by atoms with Gasteiger partial charge in [-0.1, -0.05) is 91.0 Å². The summed E-state index contributed by atoms with van der Waals surface area (Å²) in [4.78, 5) is 0. The first kappa shape index (κ1) is 21.7. The van der Waals surface area contributed by atoms with E-state index in [0.717, 1.165) is 16.2 Å². The van der Waals surface area contributed by atoms with Gasteiger partial charge in [-0.2, -0.15) is 0 Å². The number of methoxy groups -OCH3 is 1. The van der Waals surface area contributed by atoms with E-state index in [1.54, 1.807) is 7.11 Å². The van der Waals surface area contributed by atoms with E-state index in [-0.39, 0.29) is 5.66 Å². The van der Waals surface area contributed by atoms with E-state index < -0.39 is 38.8 Å². The number of aliphatic hydroxyl groups is 1. The zero-order valence-electron chi connectivity index (χ0n) is 17.9. The zero-order chi connectivity index (χ0) is 21.9. The molecule has 1 N–H and O–H groups in total. The van der Waals surface area contributed by atoms with E-state index in [9.17, 15) is 5.11 Å². The highest BCUT2D eigenvalue weighted by Crippen LogP contribution is 2.48. The van der Waals surface area contributed by atoms with Gasteiger partial charge in [0.25, 0.3) is 0 Å². The third kappa shape index (κ3) is 4.25. The molecule has 0 spiro atoms. The summed E-state index contributed by atoms with van der Waals surface area (Å²) >= 11 is 0. The lowest BCUT2D eigenvalue weighted by molar-refractivity contribution is -0.332. The quantitative estimate of drug-likeness (QED) is 0.605. The molecule has 32 heavy (non-hydrogen) atoms. The molecule has 0 radical (unpaired) electrons. The molecule has 0 aliphatic carbocycles. The maximum Gasteiger partial charge on any atom is 0.184 e. The summed E-state index contributed by atoms with van der Waals surface area (Å²) in [6.45, 7) is 0.336. The fraction of sp³-hybridized carbons (Fsp3) is 0.308. The summed E-state index contributed by atoms with van der Waals surface area (Å²) in [5.41, 5.74) is 0.632. The predicted octanol–water partition coefficient (Wildman–Crippen LogP) is 3.33. The van der Waals surface area contributed by atoms with Crippen LogP contribution in [0.4, 0.5) is 0 Å². The molecule has 6 heteroatoms. The summed E-state index contributed by atoms with van der Waals surface area (Å²) in [6, 6.07) is 30.4. The zero-order valence-corrected chi connectivity index (χ0v) is 18.8. The lowest BCUT2D eigenvalue weighted by Gasteiger charge is -2.49. The Morgan fingerprint density at radius 3 is 1.94 bits per heavy atom. The third-order valence-corrected chi connectivity index (χ3v) is 8.86. The Balaban J connectivity index is 1.50. The van der Waals surface area contributed by atoms with Crippen LogP contribution in [0.25, 0.3) is 0 Å². The molecule has 0 aromatic heterocycles. The first-order chi connectivity index (χ1) is 15.8. The average Bonchev–Trinajstić information content (AvgIpc) is 2.87. The van der Waals surface area contributed by atoms with Crippen LogP contribution in [-0.4, -0.2) is 49.1 Å². The Kier molecular flexibility index (Phi) is 6.65. The van der Waals surface area contributed by atoms with Gasteiger partial charge in [0.2, 0.25) is 0 Å². The molecule has 5 nitrogen and oxygen atoms in total. The smallest absolute Gasteiger partial charge is 0.184 e. The van der Waals surface area contributed by atoms with Gasteiger partial charge in [0.1, 0.15) is 12.2 Å². The van der Waals surface area contributed by atoms with Crippen molar-refractivity contribution in [2.24, 2.45) is 0 Å². The highest BCUT2D eigenvalue weighted by atomic mass is 31.1. The van der Waals surface area contributed by atoms with Crippen LogP contribution in [0.5, 0.6) is 0 Å². The second-order valence-electron chi connectivity index (χ2n) is 7.98. The van der Waals surface area contributed by atoms with E-state index in [4.69, 9.17) is 18.9 Å². The van der Waals surface area contributed by atoms with Crippen molar-refractivity contribution in [1.29, 1.82) is 0 Å². The lowest BCUT2D eigenvalue weighted by atomic mass is 9.99. The molecule has 2 saturated heterocycles. The average molecular weight is 450 g/mol. The molecule has 0 saturated carbocycles. The van der Waals surface area contributed by atoms with Crippen molar-refractivity contribution in [3.63, 3.8) is 0 Å². The van der Waals surface area contributed by atoms with Crippen LogP contribution in [0, 0.1) is 0 Å². The number of hydrogen-bond donors (Lipinski definition) is 1. The van der Waals surface area contributed by atoms with E-state index in [1.807, 2.05) is 66.7 Å². The van der Waals surface area contributed by atoms with E-state index in [1.165, 1.54) is 0 Å². The molecule has 2 fully saturated rings. The van der Waals surface area contributed by atoms with Gasteiger partial charge < -0.3 is 24.1 Å². The fourth-order valence-corrected chi connectivity index (χ4v) is 7.38. The van der Waals surface area contributed by atoms with Crippen LogP contribution in [0.1, 0.15) is 11.9 Å². The number of hydrogen-bond acceptors (Lipinski definition) is 5. The van der Waals surface area contributed by atoms with Crippen molar-refractivity contribution in [3.05, 3.63) is 96.6 Å². The van der Waals surface area contributed by atoms with Gasteiger partial charge in [-0.3, -0.25) is 0 Å². The number of ether oxygens (including phenoxy) is 4. The van der Waals surface area contributed by atoms with Crippen LogP contribution in [0.15, 0.2) is 91.0 Å². The minimum absolute atomic E-state index is 0.296. The van der Waals surface area contributed by atoms with Gasteiger partial charge in [0.05, 0.1) is 18.4 Å². The maximum atomic E-state index is 11.7. The Morgan fingerprint density at radius 1 is 0.812 bits per heavy atom. The monoisotopic (exact) mass is 450 g/mol. The molecule has 5 rings (SSSR count). The first-order valence-electron chi connectivity index (χ1n) is 10.8. The summed E-state index contributed by atoms with van der Waals surface area (Å²) in [6.07, 6.45) is -2.79. The van der Waals surface area contributed by atoms with Crippen LogP contribution in [0.3, 0.4) is 0 Å². The predicted molar refractivity (Wildman–Crippen MR) is 125 cm³/mol. The highest BCUT2D eigenvalue weighted by Gasteiger charge is 2.52. The van der Waals surface area contributed by atoms with Crippen molar-refractivity contribution in [3.8, 4) is 0 Å². The Labute approximate surface area is 189 Å². The second-order valence-corrected chi connectivity index (χ2v) is 10.3. The van der Waals surface area contributed by atoms with Crippen LogP contribution in [0.2, 0.25) is 0 Å². The topological polar surface area (TPSA) is 57.2 Å². The van der Waals surface area contributed by atoms with Crippen LogP contribution in [-0.2, 0) is 18.9 Å². The molecule has 2 heterocycles. The highest BCUT2D eigenvalue weighted by molar-refractivity contribution is 7.73. The summed E-state index contributed by atoms with van der Waals surface area (Å²) in [7, 11) is 0.655. The molecule has 2 aliphatic heterocycles. The Hall–Kier alpha value is -2.11. The standard InChI is InChI=1S/C26H27O5P/c1-28-26-24(32(19-13-7-3-8-14-19)20-15-9-4-10-16-20)22(27)23-21(30-26)17-29-25(31-23)18-11-5-2-6-12-18/h2-16,21-27H,17H2,1H3/t21-,22-,23-,24+,25-,26+/m1/s1. The molecule has 6 atom stereocenters. The molecular weight excluding hydrogens is 423 g/mol. The lowest BCUT2D eigenvalue weighted by Crippen LogP contribution is -2.62. The molecular formula is C26H27O5P. The van der Waals surface area contributed by atoms with Gasteiger partial charge in [-0.15, -0.1) is 0 Å². The maximum absolute atomic E-state index is 11.7. The molecule has 166 valence electrons. The fourth-order valence-electron chi connectivity index (χ4n) is 4.50. The molecule has 3 aromatic rings. The van der Waals surface area contributed by atoms with Crippen molar-refractivity contribution >= 4 is 18.5 Å². The van der Waals surface area contributed by atoms with E-state index in [0.29, 0.717) is 6.61 Å². The SMILES string of the molecule is CO[C@H]1O[C@@H]2CO[C@@H](c3ccccc3)O[C@H]2[C@@H](O)[C@@H]1P(c1ccccc1)c1ccccc1. The number of aliphatic hydroxyl groups excluding tert-OH is 1. The molecule has 0 unspecified atom stereocenters. The number of fused-ring (bicyclic) bond motifs is 1. The number of rotatable bonds is 5. The number of benzene rings is 3. The summed E-state index contributed by atoms with van der Waals surface area (Å²) in [5.74, 6) is 0.